The molecule has 0 aromatic carbocycles. The van der Waals surface area contributed by atoms with Crippen LogP contribution in [-0.4, -0.2) is 11.5 Å². The van der Waals surface area contributed by atoms with Crippen LogP contribution in [0.25, 0.3) is 0 Å². The molecular weight excluding hydrogens is 224 g/mol. The van der Waals surface area contributed by atoms with Crippen LogP contribution >= 0.6 is 22.7 Å². The number of nitrogens with zero attached hydrogens (tertiary/aromatic N) is 1. The third-order valence-electron chi connectivity index (χ3n) is 2.14. The Labute approximate surface area is 98.0 Å². The molecule has 80 valence electrons. The SMILES string of the molecule is Cc1ccc(CNCCc2cscn2)s1. The Kier molecular flexibility index (Phi) is 3.88. The lowest BCUT2D eigenvalue weighted by atomic mass is 10.3. The van der Waals surface area contributed by atoms with Gasteiger partial charge in [0.15, 0.2) is 0 Å². The molecule has 1 N–H and O–H groups in total. The third kappa shape index (κ3) is 3.41. The van der Waals surface area contributed by atoms with E-state index in [-0.39, 0.29) is 0 Å². The molecule has 0 spiro atoms. The molecule has 0 radical (unpaired) electrons. The Morgan fingerprint density at radius 2 is 2.33 bits per heavy atom. The van der Waals surface area contributed by atoms with E-state index in [0.717, 1.165) is 19.5 Å². The first-order chi connectivity index (χ1) is 7.34. The minimum Gasteiger partial charge on any atom is -0.311 e. The van der Waals surface area contributed by atoms with Crippen LogP contribution < -0.4 is 5.32 Å². The lowest BCUT2D eigenvalue weighted by Gasteiger charge is -2.00. The predicted octanol–water partition coefficient (Wildman–Crippen LogP) is 2.85. The van der Waals surface area contributed by atoms with E-state index in [1.54, 1.807) is 11.3 Å². The van der Waals surface area contributed by atoms with Crippen molar-refractivity contribution in [1.82, 2.24) is 10.3 Å². The summed E-state index contributed by atoms with van der Waals surface area (Å²) in [5, 5.41) is 5.54. The average Bonchev–Trinajstić information content (AvgIpc) is 2.84. The van der Waals surface area contributed by atoms with E-state index < -0.39 is 0 Å². The van der Waals surface area contributed by atoms with E-state index in [1.807, 2.05) is 16.8 Å². The van der Waals surface area contributed by atoms with Crippen LogP contribution in [0.5, 0.6) is 0 Å². The van der Waals surface area contributed by atoms with Gasteiger partial charge in [0, 0.05) is 34.6 Å². The van der Waals surface area contributed by atoms with Crippen LogP contribution in [0.15, 0.2) is 23.0 Å². The second-order valence-electron chi connectivity index (χ2n) is 3.42. The molecule has 0 unspecified atom stereocenters. The fourth-order valence-corrected chi connectivity index (χ4v) is 2.82. The summed E-state index contributed by atoms with van der Waals surface area (Å²) in [5.74, 6) is 0. The lowest BCUT2D eigenvalue weighted by molar-refractivity contribution is 0.688. The van der Waals surface area contributed by atoms with E-state index >= 15 is 0 Å². The van der Waals surface area contributed by atoms with Gasteiger partial charge in [0.05, 0.1) is 11.2 Å². The number of thiazole rings is 1. The van der Waals surface area contributed by atoms with E-state index in [1.165, 1.54) is 15.4 Å². The normalized spacial score (nSPS) is 10.7. The smallest absolute Gasteiger partial charge is 0.0794 e. The molecule has 4 heteroatoms. The molecule has 0 fully saturated rings. The van der Waals surface area contributed by atoms with Gasteiger partial charge >= 0.3 is 0 Å². The summed E-state index contributed by atoms with van der Waals surface area (Å²) in [7, 11) is 0. The highest BCUT2D eigenvalue weighted by atomic mass is 32.1. The van der Waals surface area contributed by atoms with Gasteiger partial charge in [-0.25, -0.2) is 4.98 Å². The summed E-state index contributed by atoms with van der Waals surface area (Å²) in [6.45, 7) is 4.12. The maximum absolute atomic E-state index is 4.25. The van der Waals surface area contributed by atoms with E-state index in [9.17, 15) is 0 Å². The van der Waals surface area contributed by atoms with Gasteiger partial charge < -0.3 is 5.32 Å². The molecule has 0 saturated carbocycles. The second-order valence-corrected chi connectivity index (χ2v) is 5.51. The van der Waals surface area contributed by atoms with Gasteiger partial charge in [0.25, 0.3) is 0 Å². The van der Waals surface area contributed by atoms with Crippen LogP contribution in [0.2, 0.25) is 0 Å². The Hall–Kier alpha value is -0.710. The van der Waals surface area contributed by atoms with E-state index in [2.05, 4.69) is 34.7 Å². The Morgan fingerprint density at radius 1 is 1.40 bits per heavy atom. The lowest BCUT2D eigenvalue weighted by Crippen LogP contribution is -2.15. The average molecular weight is 238 g/mol. The maximum atomic E-state index is 4.25. The fraction of sp³-hybridized carbons (Fsp3) is 0.364. The molecule has 2 rings (SSSR count). The molecule has 2 aromatic heterocycles. The summed E-state index contributed by atoms with van der Waals surface area (Å²) in [6, 6.07) is 4.36. The first kappa shape index (κ1) is 10.8. The van der Waals surface area contributed by atoms with Crippen molar-refractivity contribution in [3.8, 4) is 0 Å². The number of aryl methyl sites for hydroxylation is 1. The molecule has 0 saturated heterocycles. The molecule has 0 amide bonds. The first-order valence-electron chi connectivity index (χ1n) is 4.98. The Balaban J connectivity index is 1.67. The van der Waals surface area contributed by atoms with Crippen LogP contribution in [-0.2, 0) is 13.0 Å². The minimum absolute atomic E-state index is 0.975. The topological polar surface area (TPSA) is 24.9 Å². The number of aromatic nitrogens is 1. The van der Waals surface area contributed by atoms with Crippen molar-refractivity contribution in [3.63, 3.8) is 0 Å². The summed E-state index contributed by atoms with van der Waals surface area (Å²) in [5.41, 5.74) is 3.08. The van der Waals surface area contributed by atoms with Crippen molar-refractivity contribution < 1.29 is 0 Å². The van der Waals surface area contributed by atoms with Crippen molar-refractivity contribution in [2.24, 2.45) is 0 Å². The maximum Gasteiger partial charge on any atom is 0.0794 e. The minimum atomic E-state index is 0.975. The van der Waals surface area contributed by atoms with Crippen LogP contribution in [0.4, 0.5) is 0 Å². The second kappa shape index (κ2) is 5.39. The van der Waals surface area contributed by atoms with E-state index in [0.29, 0.717) is 0 Å². The zero-order valence-corrected chi connectivity index (χ0v) is 10.3. The van der Waals surface area contributed by atoms with Crippen molar-refractivity contribution in [2.45, 2.75) is 19.9 Å². The van der Waals surface area contributed by atoms with Crippen LogP contribution in [0.3, 0.4) is 0 Å². The third-order valence-corrected chi connectivity index (χ3v) is 3.77. The quantitative estimate of drug-likeness (QED) is 0.810. The number of hydrogen-bond acceptors (Lipinski definition) is 4. The molecule has 2 aromatic rings. The van der Waals surface area contributed by atoms with Crippen molar-refractivity contribution in [2.75, 3.05) is 6.54 Å². The van der Waals surface area contributed by atoms with Crippen LogP contribution in [0.1, 0.15) is 15.4 Å². The fourth-order valence-electron chi connectivity index (χ4n) is 1.37. The van der Waals surface area contributed by atoms with Gasteiger partial charge in [-0.15, -0.1) is 22.7 Å². The number of thiophene rings is 1. The molecule has 2 heterocycles. The first-order valence-corrected chi connectivity index (χ1v) is 6.73. The number of nitrogens with one attached hydrogen (secondary N) is 1. The zero-order valence-electron chi connectivity index (χ0n) is 8.69. The monoisotopic (exact) mass is 238 g/mol. The van der Waals surface area contributed by atoms with Crippen molar-refractivity contribution in [1.29, 1.82) is 0 Å². The largest absolute Gasteiger partial charge is 0.311 e. The standard InChI is InChI=1S/C11H14N2S2/c1-9-2-3-11(15-9)6-12-5-4-10-7-14-8-13-10/h2-3,7-8,12H,4-6H2,1H3. The zero-order chi connectivity index (χ0) is 10.5. The Bertz CT molecular complexity index is 392. The van der Waals surface area contributed by atoms with Crippen molar-refractivity contribution in [3.05, 3.63) is 38.5 Å². The van der Waals surface area contributed by atoms with Gasteiger partial charge in [0.2, 0.25) is 0 Å². The highest BCUT2D eigenvalue weighted by molar-refractivity contribution is 7.11. The molecule has 0 aliphatic heterocycles. The van der Waals surface area contributed by atoms with E-state index in [4.69, 9.17) is 0 Å². The molecule has 0 atom stereocenters. The highest BCUT2D eigenvalue weighted by Crippen LogP contribution is 2.14. The summed E-state index contributed by atoms with van der Waals surface area (Å²) >= 11 is 3.52. The summed E-state index contributed by atoms with van der Waals surface area (Å²) in [4.78, 5) is 7.03. The van der Waals surface area contributed by atoms with Gasteiger partial charge in [0.1, 0.15) is 0 Å². The van der Waals surface area contributed by atoms with Gasteiger partial charge in [-0.05, 0) is 19.1 Å². The molecular formula is C11H14N2S2. The van der Waals surface area contributed by atoms with Gasteiger partial charge in [-0.1, -0.05) is 0 Å². The van der Waals surface area contributed by atoms with Crippen LogP contribution in [0, 0.1) is 6.92 Å². The number of rotatable bonds is 5. The van der Waals surface area contributed by atoms with Gasteiger partial charge in [-0.2, -0.15) is 0 Å². The molecule has 0 bridgehead atoms. The van der Waals surface area contributed by atoms with Crippen molar-refractivity contribution >= 4 is 22.7 Å². The van der Waals surface area contributed by atoms with Gasteiger partial charge in [-0.3, -0.25) is 0 Å². The summed E-state index contributed by atoms with van der Waals surface area (Å²) < 4.78 is 0. The molecule has 0 aliphatic rings. The highest BCUT2D eigenvalue weighted by Gasteiger charge is 1.97. The number of hydrogen-bond donors (Lipinski definition) is 1. The predicted molar refractivity (Wildman–Crippen MR) is 66.6 cm³/mol. The molecule has 0 aliphatic carbocycles. The molecule has 2 nitrogen and oxygen atoms in total. The molecule has 15 heavy (non-hydrogen) atoms. The summed E-state index contributed by atoms with van der Waals surface area (Å²) in [6.07, 6.45) is 1.02. The Morgan fingerprint density at radius 3 is 3.00 bits per heavy atom.